The second-order valence-corrected chi connectivity index (χ2v) is 5.45. The second-order valence-electron chi connectivity index (χ2n) is 3.98. The fraction of sp³-hybridized carbons (Fsp3) is 0.308. The number of halogens is 1. The highest BCUT2D eigenvalue weighted by Gasteiger charge is 2.08. The molecule has 2 N–H and O–H groups in total. The Morgan fingerprint density at radius 3 is 3.00 bits per heavy atom. The SMILES string of the molecule is OC[C@@H](O)CSCc1ncc(-c2cccc(Cl)c2)o1. The molecule has 0 amide bonds. The minimum absolute atomic E-state index is 0.230. The van der Waals surface area contributed by atoms with Gasteiger partial charge in [0.1, 0.15) is 0 Å². The highest BCUT2D eigenvalue weighted by molar-refractivity contribution is 7.98. The van der Waals surface area contributed by atoms with Crippen LogP contribution in [0.1, 0.15) is 5.89 Å². The number of hydrogen-bond donors (Lipinski definition) is 2. The normalized spacial score (nSPS) is 12.6. The third kappa shape index (κ3) is 4.24. The lowest BCUT2D eigenvalue weighted by atomic mass is 10.2. The number of aliphatic hydroxyl groups is 2. The molecule has 1 aromatic carbocycles. The molecule has 102 valence electrons. The molecule has 6 heteroatoms. The third-order valence-electron chi connectivity index (χ3n) is 2.41. The minimum atomic E-state index is -0.702. The molecule has 19 heavy (non-hydrogen) atoms. The maximum atomic E-state index is 9.21. The van der Waals surface area contributed by atoms with Crippen molar-refractivity contribution >= 4 is 23.4 Å². The van der Waals surface area contributed by atoms with E-state index < -0.39 is 6.10 Å². The summed E-state index contributed by atoms with van der Waals surface area (Å²) >= 11 is 7.38. The molecule has 1 atom stereocenters. The average Bonchev–Trinajstić information content (AvgIpc) is 2.87. The highest BCUT2D eigenvalue weighted by atomic mass is 35.5. The molecule has 2 rings (SSSR count). The molecule has 0 aliphatic carbocycles. The van der Waals surface area contributed by atoms with Gasteiger partial charge >= 0.3 is 0 Å². The van der Waals surface area contributed by atoms with Crippen LogP contribution in [0.3, 0.4) is 0 Å². The lowest BCUT2D eigenvalue weighted by Crippen LogP contribution is -2.14. The number of oxazole rings is 1. The molecular weight excluding hydrogens is 286 g/mol. The number of aliphatic hydroxyl groups excluding tert-OH is 2. The molecule has 0 aliphatic heterocycles. The lowest BCUT2D eigenvalue weighted by molar-refractivity contribution is 0.113. The maximum Gasteiger partial charge on any atom is 0.204 e. The summed E-state index contributed by atoms with van der Waals surface area (Å²) in [4.78, 5) is 4.17. The summed E-state index contributed by atoms with van der Waals surface area (Å²) in [5.74, 6) is 2.26. The van der Waals surface area contributed by atoms with Crippen LogP contribution in [0.5, 0.6) is 0 Å². The smallest absolute Gasteiger partial charge is 0.204 e. The summed E-state index contributed by atoms with van der Waals surface area (Å²) in [5, 5.41) is 18.6. The van der Waals surface area contributed by atoms with E-state index in [4.69, 9.17) is 21.1 Å². The first-order valence-electron chi connectivity index (χ1n) is 5.76. The van der Waals surface area contributed by atoms with Crippen LogP contribution in [0.4, 0.5) is 0 Å². The molecule has 0 unspecified atom stereocenters. The maximum absolute atomic E-state index is 9.21. The van der Waals surface area contributed by atoms with Crippen LogP contribution < -0.4 is 0 Å². The summed E-state index contributed by atoms with van der Waals surface area (Å²) in [7, 11) is 0. The molecule has 0 bridgehead atoms. The zero-order valence-corrected chi connectivity index (χ0v) is 11.7. The Hall–Kier alpha value is -1.01. The Morgan fingerprint density at radius 1 is 1.42 bits per heavy atom. The van der Waals surface area contributed by atoms with Crippen molar-refractivity contribution in [3.05, 3.63) is 41.4 Å². The van der Waals surface area contributed by atoms with Crippen LogP contribution in [-0.4, -0.2) is 33.7 Å². The van der Waals surface area contributed by atoms with Crippen molar-refractivity contribution in [1.82, 2.24) is 4.98 Å². The Bertz CT molecular complexity index is 532. The Morgan fingerprint density at radius 2 is 2.26 bits per heavy atom. The van der Waals surface area contributed by atoms with Crippen molar-refractivity contribution in [3.8, 4) is 11.3 Å². The van der Waals surface area contributed by atoms with Crippen LogP contribution >= 0.6 is 23.4 Å². The zero-order chi connectivity index (χ0) is 13.7. The molecule has 0 saturated carbocycles. The first-order valence-corrected chi connectivity index (χ1v) is 7.29. The van der Waals surface area contributed by atoms with Gasteiger partial charge in [-0.3, -0.25) is 0 Å². The van der Waals surface area contributed by atoms with Crippen LogP contribution in [0, 0.1) is 0 Å². The van der Waals surface area contributed by atoms with Gasteiger partial charge in [0, 0.05) is 16.3 Å². The fourth-order valence-electron chi connectivity index (χ4n) is 1.49. The Labute approximate surface area is 120 Å². The van der Waals surface area contributed by atoms with Gasteiger partial charge in [-0.1, -0.05) is 23.7 Å². The van der Waals surface area contributed by atoms with Crippen LogP contribution in [-0.2, 0) is 5.75 Å². The quantitative estimate of drug-likeness (QED) is 0.858. The van der Waals surface area contributed by atoms with Crippen molar-refractivity contribution in [1.29, 1.82) is 0 Å². The van der Waals surface area contributed by atoms with Gasteiger partial charge in [-0.25, -0.2) is 4.98 Å². The highest BCUT2D eigenvalue weighted by Crippen LogP contribution is 2.24. The summed E-state index contributed by atoms with van der Waals surface area (Å²) in [5.41, 5.74) is 0.881. The Balaban J connectivity index is 1.95. The van der Waals surface area contributed by atoms with Gasteiger partial charge in [0.25, 0.3) is 0 Å². The topological polar surface area (TPSA) is 66.5 Å². The third-order valence-corrected chi connectivity index (χ3v) is 3.72. The van der Waals surface area contributed by atoms with E-state index in [1.807, 2.05) is 18.2 Å². The lowest BCUT2D eigenvalue weighted by Gasteiger charge is -2.04. The number of benzene rings is 1. The minimum Gasteiger partial charge on any atom is -0.440 e. The van der Waals surface area contributed by atoms with Crippen LogP contribution in [0.2, 0.25) is 5.02 Å². The van der Waals surface area contributed by atoms with Gasteiger partial charge < -0.3 is 14.6 Å². The number of hydrogen-bond acceptors (Lipinski definition) is 5. The zero-order valence-electron chi connectivity index (χ0n) is 10.1. The van der Waals surface area contributed by atoms with E-state index in [1.165, 1.54) is 11.8 Å². The van der Waals surface area contributed by atoms with Gasteiger partial charge in [0.2, 0.25) is 5.89 Å². The molecule has 0 aliphatic rings. The van der Waals surface area contributed by atoms with E-state index in [0.717, 1.165) is 5.56 Å². The van der Waals surface area contributed by atoms with E-state index >= 15 is 0 Å². The largest absolute Gasteiger partial charge is 0.440 e. The molecule has 0 fully saturated rings. The van der Waals surface area contributed by atoms with Gasteiger partial charge in [0.05, 0.1) is 24.7 Å². The molecular formula is C13H14ClNO3S. The molecule has 1 aromatic heterocycles. The summed E-state index contributed by atoms with van der Waals surface area (Å²) in [6.07, 6.45) is 0.955. The van der Waals surface area contributed by atoms with Crippen LogP contribution in [0.25, 0.3) is 11.3 Å². The molecule has 0 saturated heterocycles. The molecule has 4 nitrogen and oxygen atoms in total. The van der Waals surface area contributed by atoms with Crippen molar-refractivity contribution in [2.75, 3.05) is 12.4 Å². The van der Waals surface area contributed by atoms with Gasteiger partial charge in [-0.05, 0) is 12.1 Å². The first-order chi connectivity index (χ1) is 9.19. The van der Waals surface area contributed by atoms with E-state index in [1.54, 1.807) is 12.3 Å². The van der Waals surface area contributed by atoms with Crippen molar-refractivity contribution in [3.63, 3.8) is 0 Å². The van der Waals surface area contributed by atoms with Gasteiger partial charge in [0.15, 0.2) is 5.76 Å². The molecule has 1 heterocycles. The number of rotatable bonds is 6. The van der Waals surface area contributed by atoms with Crippen molar-refractivity contribution < 1.29 is 14.6 Å². The van der Waals surface area contributed by atoms with Gasteiger partial charge in [-0.15, -0.1) is 11.8 Å². The summed E-state index contributed by atoms with van der Waals surface area (Å²) < 4.78 is 5.61. The van der Waals surface area contributed by atoms with Crippen molar-refractivity contribution in [2.24, 2.45) is 0 Å². The number of aromatic nitrogens is 1. The molecule has 2 aromatic rings. The Kier molecular flexibility index (Phi) is 5.27. The number of thioether (sulfide) groups is 1. The predicted molar refractivity (Wildman–Crippen MR) is 76.2 cm³/mol. The standard InChI is InChI=1S/C13H14ClNO3S/c14-10-3-1-2-9(4-10)12-5-15-13(18-12)8-19-7-11(17)6-16/h1-5,11,16-17H,6-8H2/t11-/m1/s1. The van der Waals surface area contributed by atoms with Crippen molar-refractivity contribution in [2.45, 2.75) is 11.9 Å². The van der Waals surface area contributed by atoms with E-state index in [9.17, 15) is 5.11 Å². The van der Waals surface area contributed by atoms with Crippen LogP contribution in [0.15, 0.2) is 34.9 Å². The molecule has 0 radical (unpaired) electrons. The fourth-order valence-corrected chi connectivity index (χ4v) is 2.48. The monoisotopic (exact) mass is 299 g/mol. The van der Waals surface area contributed by atoms with E-state index in [-0.39, 0.29) is 6.61 Å². The average molecular weight is 300 g/mol. The first kappa shape index (κ1) is 14.4. The summed E-state index contributed by atoms with van der Waals surface area (Å²) in [6, 6.07) is 7.37. The molecule has 0 spiro atoms. The second kappa shape index (κ2) is 6.96. The van der Waals surface area contributed by atoms with E-state index in [0.29, 0.717) is 28.2 Å². The summed E-state index contributed by atoms with van der Waals surface area (Å²) in [6.45, 7) is -0.230. The predicted octanol–water partition coefficient (Wildman–Crippen LogP) is 2.58. The van der Waals surface area contributed by atoms with E-state index in [2.05, 4.69) is 4.98 Å². The van der Waals surface area contributed by atoms with Gasteiger partial charge in [-0.2, -0.15) is 0 Å². The number of nitrogens with zero attached hydrogens (tertiary/aromatic N) is 1.